The van der Waals surface area contributed by atoms with E-state index in [-0.39, 0.29) is 0 Å². The average molecular weight is 225 g/mol. The minimum absolute atomic E-state index is 0.570. The molecule has 0 unspecified atom stereocenters. The van der Waals surface area contributed by atoms with Crippen molar-refractivity contribution in [3.63, 3.8) is 0 Å². The lowest BCUT2D eigenvalue weighted by Gasteiger charge is -2.03. The van der Waals surface area contributed by atoms with Gasteiger partial charge in [0.05, 0.1) is 5.02 Å². The predicted molar refractivity (Wildman–Crippen MR) is 61.3 cm³/mol. The molecule has 0 aliphatic rings. The summed E-state index contributed by atoms with van der Waals surface area (Å²) in [5.41, 5.74) is 0.797. The third kappa shape index (κ3) is 2.39. The SMILES string of the molecule is CC(C)CNc1nc2ccc(Cl)cn2n1. The van der Waals surface area contributed by atoms with Gasteiger partial charge >= 0.3 is 0 Å². The first-order chi connectivity index (χ1) is 7.15. The van der Waals surface area contributed by atoms with E-state index < -0.39 is 0 Å². The Morgan fingerprint density at radius 2 is 2.27 bits per heavy atom. The van der Waals surface area contributed by atoms with E-state index in [1.54, 1.807) is 16.8 Å². The van der Waals surface area contributed by atoms with Gasteiger partial charge in [0.25, 0.3) is 0 Å². The number of anilines is 1. The monoisotopic (exact) mass is 224 g/mol. The second kappa shape index (κ2) is 4.06. The maximum Gasteiger partial charge on any atom is 0.243 e. The number of halogens is 1. The number of nitrogens with zero attached hydrogens (tertiary/aromatic N) is 3. The zero-order valence-corrected chi connectivity index (χ0v) is 9.49. The topological polar surface area (TPSA) is 42.2 Å². The summed E-state index contributed by atoms with van der Waals surface area (Å²) in [5.74, 6) is 1.21. The largest absolute Gasteiger partial charge is 0.353 e. The van der Waals surface area contributed by atoms with Crippen molar-refractivity contribution in [1.82, 2.24) is 14.6 Å². The van der Waals surface area contributed by atoms with Crippen LogP contribution in [0.3, 0.4) is 0 Å². The van der Waals surface area contributed by atoms with Crippen LogP contribution in [0.5, 0.6) is 0 Å². The molecule has 0 bridgehead atoms. The molecule has 15 heavy (non-hydrogen) atoms. The fourth-order valence-corrected chi connectivity index (χ4v) is 1.38. The highest BCUT2D eigenvalue weighted by Crippen LogP contribution is 2.11. The van der Waals surface area contributed by atoms with Gasteiger partial charge < -0.3 is 5.32 Å². The summed E-state index contributed by atoms with van der Waals surface area (Å²) in [6, 6.07) is 3.65. The van der Waals surface area contributed by atoms with E-state index in [0.717, 1.165) is 12.2 Å². The first-order valence-electron chi connectivity index (χ1n) is 4.91. The van der Waals surface area contributed by atoms with Crippen molar-refractivity contribution in [3.05, 3.63) is 23.4 Å². The molecule has 0 radical (unpaired) electrons. The van der Waals surface area contributed by atoms with Gasteiger partial charge in [0.1, 0.15) is 0 Å². The lowest BCUT2D eigenvalue weighted by atomic mass is 10.2. The predicted octanol–water partition coefficient (Wildman–Crippen LogP) is 2.45. The van der Waals surface area contributed by atoms with Gasteiger partial charge in [0.15, 0.2) is 5.65 Å². The highest BCUT2D eigenvalue weighted by molar-refractivity contribution is 6.30. The van der Waals surface area contributed by atoms with E-state index in [1.807, 2.05) is 6.07 Å². The summed E-state index contributed by atoms with van der Waals surface area (Å²) in [5, 5.41) is 8.08. The zero-order chi connectivity index (χ0) is 10.8. The van der Waals surface area contributed by atoms with Gasteiger partial charge in [0.2, 0.25) is 5.95 Å². The standard InChI is InChI=1S/C10H13ClN4/c1-7(2)5-12-10-13-9-4-3-8(11)6-15(9)14-10/h3-4,6-7H,5H2,1-2H3,(H,12,14). The van der Waals surface area contributed by atoms with Crippen molar-refractivity contribution in [1.29, 1.82) is 0 Å². The maximum atomic E-state index is 5.85. The van der Waals surface area contributed by atoms with Crippen LogP contribution in [-0.2, 0) is 0 Å². The fourth-order valence-electron chi connectivity index (χ4n) is 1.23. The van der Waals surface area contributed by atoms with Crippen LogP contribution in [-0.4, -0.2) is 21.1 Å². The molecule has 0 aliphatic carbocycles. The molecule has 2 aromatic rings. The summed E-state index contributed by atoms with van der Waals surface area (Å²) in [6.45, 7) is 5.14. The molecule has 5 heteroatoms. The van der Waals surface area contributed by atoms with Crippen molar-refractivity contribution in [3.8, 4) is 0 Å². The second-order valence-electron chi connectivity index (χ2n) is 3.86. The minimum Gasteiger partial charge on any atom is -0.353 e. The molecule has 2 aromatic heterocycles. The Bertz CT molecular complexity index is 463. The summed E-state index contributed by atoms with van der Waals surface area (Å²) in [7, 11) is 0. The Hall–Kier alpha value is -1.29. The Labute approximate surface area is 93.3 Å². The van der Waals surface area contributed by atoms with E-state index in [2.05, 4.69) is 29.2 Å². The van der Waals surface area contributed by atoms with Crippen molar-refractivity contribution in [2.24, 2.45) is 5.92 Å². The van der Waals surface area contributed by atoms with Crippen LogP contribution in [0.15, 0.2) is 18.3 Å². The third-order valence-corrected chi connectivity index (χ3v) is 2.19. The molecular formula is C10H13ClN4. The van der Waals surface area contributed by atoms with E-state index in [4.69, 9.17) is 11.6 Å². The van der Waals surface area contributed by atoms with Crippen LogP contribution >= 0.6 is 11.6 Å². The van der Waals surface area contributed by atoms with Crippen LogP contribution in [0, 0.1) is 5.92 Å². The normalized spacial score (nSPS) is 11.2. The maximum absolute atomic E-state index is 5.85. The Balaban J connectivity index is 2.23. The first kappa shape index (κ1) is 10.2. The van der Waals surface area contributed by atoms with Gasteiger partial charge in [-0.15, -0.1) is 5.10 Å². The molecule has 0 aromatic carbocycles. The highest BCUT2D eigenvalue weighted by atomic mass is 35.5. The average Bonchev–Trinajstić information content (AvgIpc) is 2.56. The number of rotatable bonds is 3. The summed E-state index contributed by atoms with van der Waals surface area (Å²) < 4.78 is 1.67. The molecule has 0 atom stereocenters. The van der Waals surface area contributed by atoms with Crippen LogP contribution in [0.25, 0.3) is 5.65 Å². The quantitative estimate of drug-likeness (QED) is 0.871. The molecule has 4 nitrogen and oxygen atoms in total. The molecule has 0 fully saturated rings. The number of pyridine rings is 1. The van der Waals surface area contributed by atoms with E-state index in [0.29, 0.717) is 16.9 Å². The Kier molecular flexibility index (Phi) is 2.77. The molecule has 2 heterocycles. The van der Waals surface area contributed by atoms with Crippen LogP contribution in [0.4, 0.5) is 5.95 Å². The van der Waals surface area contributed by atoms with Gasteiger partial charge in [-0.3, -0.25) is 0 Å². The molecule has 0 spiro atoms. The number of hydrogen-bond donors (Lipinski definition) is 1. The van der Waals surface area contributed by atoms with E-state index >= 15 is 0 Å². The van der Waals surface area contributed by atoms with Crippen molar-refractivity contribution in [2.75, 3.05) is 11.9 Å². The second-order valence-corrected chi connectivity index (χ2v) is 4.30. The molecule has 0 aliphatic heterocycles. The van der Waals surface area contributed by atoms with Crippen LogP contribution in [0.1, 0.15) is 13.8 Å². The van der Waals surface area contributed by atoms with Crippen molar-refractivity contribution < 1.29 is 0 Å². The fraction of sp³-hybridized carbons (Fsp3) is 0.400. The summed E-state index contributed by atoms with van der Waals surface area (Å²) in [4.78, 5) is 4.31. The number of aromatic nitrogens is 3. The van der Waals surface area contributed by atoms with Crippen molar-refractivity contribution >= 4 is 23.2 Å². The molecule has 0 saturated heterocycles. The van der Waals surface area contributed by atoms with Crippen LogP contribution < -0.4 is 5.32 Å². The van der Waals surface area contributed by atoms with Gasteiger partial charge in [-0.1, -0.05) is 25.4 Å². The molecule has 0 saturated carbocycles. The van der Waals surface area contributed by atoms with E-state index in [1.165, 1.54) is 0 Å². The molecule has 80 valence electrons. The number of hydrogen-bond acceptors (Lipinski definition) is 3. The van der Waals surface area contributed by atoms with Gasteiger partial charge in [-0.05, 0) is 18.1 Å². The Morgan fingerprint density at radius 1 is 1.47 bits per heavy atom. The third-order valence-electron chi connectivity index (χ3n) is 1.96. The van der Waals surface area contributed by atoms with E-state index in [9.17, 15) is 0 Å². The molecule has 2 rings (SSSR count). The van der Waals surface area contributed by atoms with Gasteiger partial charge in [0, 0.05) is 12.7 Å². The molecule has 0 amide bonds. The molecule has 1 N–H and O–H groups in total. The molecular weight excluding hydrogens is 212 g/mol. The van der Waals surface area contributed by atoms with Gasteiger partial charge in [-0.25, -0.2) is 4.52 Å². The Morgan fingerprint density at radius 3 is 3.00 bits per heavy atom. The smallest absolute Gasteiger partial charge is 0.243 e. The minimum atomic E-state index is 0.570. The van der Waals surface area contributed by atoms with Gasteiger partial charge in [-0.2, -0.15) is 4.98 Å². The lowest BCUT2D eigenvalue weighted by molar-refractivity contribution is 0.684. The highest BCUT2D eigenvalue weighted by Gasteiger charge is 2.03. The zero-order valence-electron chi connectivity index (χ0n) is 8.74. The van der Waals surface area contributed by atoms with Crippen LogP contribution in [0.2, 0.25) is 5.02 Å². The van der Waals surface area contributed by atoms with Crippen molar-refractivity contribution in [2.45, 2.75) is 13.8 Å². The summed E-state index contributed by atoms with van der Waals surface area (Å²) >= 11 is 5.85. The number of fused-ring (bicyclic) bond motifs is 1. The summed E-state index contributed by atoms with van der Waals surface area (Å²) in [6.07, 6.45) is 1.74. The lowest BCUT2D eigenvalue weighted by Crippen LogP contribution is -2.09. The first-order valence-corrected chi connectivity index (χ1v) is 5.29. The number of nitrogens with one attached hydrogen (secondary N) is 1.